The lowest BCUT2D eigenvalue weighted by molar-refractivity contribution is 0.201. The van der Waals surface area contributed by atoms with E-state index in [2.05, 4.69) is 5.10 Å². The van der Waals surface area contributed by atoms with E-state index in [9.17, 15) is 9.50 Å². The van der Waals surface area contributed by atoms with Gasteiger partial charge in [0.15, 0.2) is 5.75 Å². The summed E-state index contributed by atoms with van der Waals surface area (Å²) in [6.45, 7) is 4.32. The molecule has 2 aromatic rings. The van der Waals surface area contributed by atoms with Crippen LogP contribution in [0.3, 0.4) is 0 Å². The van der Waals surface area contributed by atoms with Gasteiger partial charge in [0.05, 0.1) is 13.3 Å². The van der Waals surface area contributed by atoms with E-state index in [1.807, 2.05) is 6.92 Å². The summed E-state index contributed by atoms with van der Waals surface area (Å²) in [4.78, 5) is 0. The number of aryl methyl sites for hydroxylation is 2. The van der Waals surface area contributed by atoms with Crippen LogP contribution < -0.4 is 4.74 Å². The van der Waals surface area contributed by atoms with Crippen molar-refractivity contribution in [2.24, 2.45) is 0 Å². The first-order valence-corrected chi connectivity index (χ1v) is 6.12. The fourth-order valence-corrected chi connectivity index (χ4v) is 2.16. The lowest BCUT2D eigenvalue weighted by Crippen LogP contribution is -2.11. The van der Waals surface area contributed by atoms with Gasteiger partial charge in [0.25, 0.3) is 0 Å². The van der Waals surface area contributed by atoms with Crippen molar-refractivity contribution < 1.29 is 14.2 Å². The Morgan fingerprint density at radius 3 is 2.79 bits per heavy atom. The van der Waals surface area contributed by atoms with Crippen LogP contribution in [0.15, 0.2) is 24.4 Å². The number of aliphatic hydroxyl groups excluding tert-OH is 1. The van der Waals surface area contributed by atoms with Gasteiger partial charge in [-0.05, 0) is 37.1 Å². The topological polar surface area (TPSA) is 47.3 Å². The summed E-state index contributed by atoms with van der Waals surface area (Å²) >= 11 is 0. The highest BCUT2D eigenvalue weighted by Gasteiger charge is 2.22. The average Bonchev–Trinajstić information content (AvgIpc) is 2.80. The predicted octanol–water partition coefficient (Wildman–Crippen LogP) is 2.44. The quantitative estimate of drug-likeness (QED) is 0.922. The van der Waals surface area contributed by atoms with Crippen LogP contribution in [0, 0.1) is 12.7 Å². The van der Waals surface area contributed by atoms with E-state index < -0.39 is 6.10 Å². The summed E-state index contributed by atoms with van der Waals surface area (Å²) in [6, 6.07) is 4.32. The molecule has 0 aliphatic carbocycles. The zero-order valence-electron chi connectivity index (χ0n) is 11.2. The Bertz CT molecular complexity index is 559. The molecular weight excluding hydrogens is 247 g/mol. The number of ether oxygens (including phenoxy) is 1. The average molecular weight is 264 g/mol. The van der Waals surface area contributed by atoms with E-state index in [0.29, 0.717) is 29.1 Å². The lowest BCUT2D eigenvalue weighted by atomic mass is 10.0. The number of nitrogens with zero attached hydrogens (tertiary/aromatic N) is 2. The fraction of sp³-hybridized carbons (Fsp3) is 0.357. The van der Waals surface area contributed by atoms with Crippen LogP contribution >= 0.6 is 0 Å². The smallest absolute Gasteiger partial charge is 0.163 e. The first kappa shape index (κ1) is 13.5. The molecule has 0 saturated heterocycles. The number of hydrogen-bond acceptors (Lipinski definition) is 3. The molecule has 0 radical (unpaired) electrons. The van der Waals surface area contributed by atoms with Crippen LogP contribution in [0.25, 0.3) is 0 Å². The van der Waals surface area contributed by atoms with Crippen molar-refractivity contribution in [3.05, 3.63) is 47.0 Å². The molecule has 1 N–H and O–H groups in total. The minimum absolute atomic E-state index is 0.315. The Morgan fingerprint density at radius 2 is 2.21 bits per heavy atom. The highest BCUT2D eigenvalue weighted by atomic mass is 19.1. The molecule has 0 saturated carbocycles. The number of rotatable bonds is 4. The van der Waals surface area contributed by atoms with Gasteiger partial charge in [-0.15, -0.1) is 0 Å². The van der Waals surface area contributed by atoms with Crippen LogP contribution in [-0.4, -0.2) is 22.0 Å². The van der Waals surface area contributed by atoms with Gasteiger partial charge >= 0.3 is 0 Å². The second-order valence-corrected chi connectivity index (χ2v) is 4.32. The number of aromatic nitrogens is 2. The van der Waals surface area contributed by atoms with Crippen molar-refractivity contribution >= 4 is 0 Å². The number of hydrogen-bond donors (Lipinski definition) is 1. The van der Waals surface area contributed by atoms with Crippen LogP contribution in [0.1, 0.15) is 29.8 Å². The molecule has 1 aromatic carbocycles. The maximum Gasteiger partial charge on any atom is 0.163 e. The van der Waals surface area contributed by atoms with Crippen molar-refractivity contribution in [2.75, 3.05) is 7.11 Å². The summed E-state index contributed by atoms with van der Waals surface area (Å²) in [5.74, 6) is 0.211. The fourth-order valence-electron chi connectivity index (χ4n) is 2.16. The Hall–Kier alpha value is -1.88. The van der Waals surface area contributed by atoms with Crippen molar-refractivity contribution in [3.63, 3.8) is 0 Å². The molecule has 19 heavy (non-hydrogen) atoms. The lowest BCUT2D eigenvalue weighted by Gasteiger charge is -2.16. The van der Waals surface area contributed by atoms with Crippen LogP contribution in [0.2, 0.25) is 0 Å². The van der Waals surface area contributed by atoms with Crippen LogP contribution in [-0.2, 0) is 6.54 Å². The highest BCUT2D eigenvalue weighted by molar-refractivity contribution is 5.38. The summed E-state index contributed by atoms with van der Waals surface area (Å²) in [5, 5.41) is 14.7. The molecule has 1 aromatic heterocycles. The normalized spacial score (nSPS) is 12.5. The summed E-state index contributed by atoms with van der Waals surface area (Å²) in [7, 11) is 1.53. The molecule has 0 aliphatic rings. The molecule has 1 heterocycles. The van der Waals surface area contributed by atoms with Gasteiger partial charge in [0, 0.05) is 6.54 Å². The molecule has 0 spiro atoms. The minimum atomic E-state index is -0.891. The van der Waals surface area contributed by atoms with Gasteiger partial charge in [-0.1, -0.05) is 6.07 Å². The number of aliphatic hydroxyl groups is 1. The molecule has 102 valence electrons. The molecule has 0 fully saturated rings. The summed E-state index contributed by atoms with van der Waals surface area (Å²) in [5.41, 5.74) is 1.92. The Balaban J connectivity index is 2.48. The Morgan fingerprint density at radius 1 is 1.47 bits per heavy atom. The van der Waals surface area contributed by atoms with Crippen LogP contribution in [0.4, 0.5) is 4.39 Å². The zero-order chi connectivity index (χ0) is 14.0. The van der Waals surface area contributed by atoms with Gasteiger partial charge in [-0.3, -0.25) is 4.68 Å². The third-order valence-electron chi connectivity index (χ3n) is 3.15. The number of halogens is 1. The van der Waals surface area contributed by atoms with E-state index in [1.54, 1.807) is 23.9 Å². The summed E-state index contributed by atoms with van der Waals surface area (Å²) in [6.07, 6.45) is 0.680. The molecule has 1 unspecified atom stereocenters. The van der Waals surface area contributed by atoms with E-state index in [1.165, 1.54) is 19.2 Å². The van der Waals surface area contributed by atoms with E-state index in [4.69, 9.17) is 4.74 Å². The van der Waals surface area contributed by atoms with Crippen molar-refractivity contribution in [3.8, 4) is 5.75 Å². The third-order valence-corrected chi connectivity index (χ3v) is 3.15. The van der Waals surface area contributed by atoms with Gasteiger partial charge in [0.2, 0.25) is 0 Å². The third kappa shape index (κ3) is 2.46. The standard InChI is InChI=1S/C14H17FN2O2/c1-4-17-13(12(19-3)8-16-17)14(18)11-6-5-10(15)7-9(11)2/h5-8,14,18H,4H2,1-3H3. The van der Waals surface area contributed by atoms with Crippen molar-refractivity contribution in [1.82, 2.24) is 9.78 Å². The second kappa shape index (κ2) is 5.40. The highest BCUT2D eigenvalue weighted by Crippen LogP contribution is 2.31. The number of benzene rings is 1. The Kier molecular flexibility index (Phi) is 3.85. The first-order chi connectivity index (χ1) is 9.08. The van der Waals surface area contributed by atoms with Gasteiger partial charge in [-0.25, -0.2) is 4.39 Å². The SMILES string of the molecule is CCn1ncc(OC)c1C(O)c1ccc(F)cc1C. The maximum absolute atomic E-state index is 13.1. The second-order valence-electron chi connectivity index (χ2n) is 4.32. The van der Waals surface area contributed by atoms with Gasteiger partial charge in [0.1, 0.15) is 17.6 Å². The minimum Gasteiger partial charge on any atom is -0.493 e. The van der Waals surface area contributed by atoms with E-state index in [-0.39, 0.29) is 5.82 Å². The van der Waals surface area contributed by atoms with Gasteiger partial charge in [-0.2, -0.15) is 5.10 Å². The molecular formula is C14H17FN2O2. The summed E-state index contributed by atoms with van der Waals surface area (Å²) < 4.78 is 20.0. The zero-order valence-corrected chi connectivity index (χ0v) is 11.2. The first-order valence-electron chi connectivity index (χ1n) is 6.12. The largest absolute Gasteiger partial charge is 0.493 e. The predicted molar refractivity (Wildman–Crippen MR) is 69.7 cm³/mol. The molecule has 2 rings (SSSR count). The molecule has 4 nitrogen and oxygen atoms in total. The van der Waals surface area contributed by atoms with Crippen molar-refractivity contribution in [2.45, 2.75) is 26.5 Å². The molecule has 1 atom stereocenters. The van der Waals surface area contributed by atoms with Crippen LogP contribution in [0.5, 0.6) is 5.75 Å². The monoisotopic (exact) mass is 264 g/mol. The number of methoxy groups -OCH3 is 1. The Labute approximate surface area is 111 Å². The van der Waals surface area contributed by atoms with Crippen molar-refractivity contribution in [1.29, 1.82) is 0 Å². The molecule has 5 heteroatoms. The maximum atomic E-state index is 13.1. The van der Waals surface area contributed by atoms with Gasteiger partial charge < -0.3 is 9.84 Å². The molecule has 0 bridgehead atoms. The van der Waals surface area contributed by atoms with E-state index in [0.717, 1.165) is 0 Å². The molecule has 0 amide bonds. The van der Waals surface area contributed by atoms with E-state index >= 15 is 0 Å². The molecule has 0 aliphatic heterocycles.